The molecule has 1 aromatic carbocycles. The van der Waals surface area contributed by atoms with Crippen LogP contribution in [-0.2, 0) is 0 Å². The van der Waals surface area contributed by atoms with E-state index in [9.17, 15) is 0 Å². The minimum Gasteiger partial charge on any atom is -0.417 e. The van der Waals surface area contributed by atoms with Gasteiger partial charge in [-0.2, -0.15) is 15.4 Å². The second kappa shape index (κ2) is 4.58. The molecule has 1 N–H and O–H groups in total. The molecule has 1 atom stereocenters. The van der Waals surface area contributed by atoms with E-state index in [2.05, 4.69) is 25.6 Å². The zero-order valence-corrected chi connectivity index (χ0v) is 9.87. The Hall–Kier alpha value is -2.21. The van der Waals surface area contributed by atoms with Crippen molar-refractivity contribution in [3.63, 3.8) is 0 Å². The second-order valence-corrected chi connectivity index (χ2v) is 4.01. The summed E-state index contributed by atoms with van der Waals surface area (Å²) in [7, 11) is 0. The summed E-state index contributed by atoms with van der Waals surface area (Å²) in [6.45, 7) is 0. The van der Waals surface area contributed by atoms with E-state index >= 15 is 0 Å². The van der Waals surface area contributed by atoms with Crippen molar-refractivity contribution in [3.8, 4) is 11.6 Å². The number of benzene rings is 1. The smallest absolute Gasteiger partial charge is 0.269 e. The summed E-state index contributed by atoms with van der Waals surface area (Å²) in [5, 5.41) is 17.3. The van der Waals surface area contributed by atoms with Crippen molar-refractivity contribution in [2.45, 2.75) is 5.38 Å². The number of hydrogen-bond donors (Lipinski definition) is 1. The minimum absolute atomic E-state index is 0.292. The van der Waals surface area contributed by atoms with Gasteiger partial charge in [0.05, 0.1) is 6.20 Å². The van der Waals surface area contributed by atoms with Gasteiger partial charge in [-0.25, -0.2) is 0 Å². The number of nitrogens with zero attached hydrogens (tertiary/aromatic N) is 4. The third-order valence-corrected chi connectivity index (χ3v) is 2.82. The molecule has 0 saturated heterocycles. The first kappa shape index (κ1) is 10.9. The van der Waals surface area contributed by atoms with Crippen LogP contribution in [0.25, 0.3) is 11.6 Å². The number of alkyl halides is 1. The zero-order chi connectivity index (χ0) is 12.4. The number of rotatable bonds is 3. The van der Waals surface area contributed by atoms with E-state index in [0.717, 1.165) is 5.56 Å². The van der Waals surface area contributed by atoms with Crippen molar-refractivity contribution in [1.29, 1.82) is 0 Å². The maximum absolute atomic E-state index is 6.27. The summed E-state index contributed by atoms with van der Waals surface area (Å²) < 4.78 is 5.47. The Morgan fingerprint density at radius 2 is 2.00 bits per heavy atom. The fourth-order valence-electron chi connectivity index (χ4n) is 1.51. The average molecular weight is 262 g/mol. The molecular weight excluding hydrogens is 254 g/mol. The Labute approximate surface area is 107 Å². The maximum Gasteiger partial charge on any atom is 0.269 e. The Balaban J connectivity index is 1.90. The zero-order valence-electron chi connectivity index (χ0n) is 9.12. The van der Waals surface area contributed by atoms with Gasteiger partial charge in [0.1, 0.15) is 5.38 Å². The number of nitrogens with one attached hydrogen (secondary N) is 1. The molecule has 7 heteroatoms. The molecule has 3 rings (SSSR count). The van der Waals surface area contributed by atoms with Crippen LogP contribution >= 0.6 is 11.6 Å². The van der Waals surface area contributed by atoms with Crippen LogP contribution in [0.15, 0.2) is 40.9 Å². The summed E-state index contributed by atoms with van der Waals surface area (Å²) in [5.41, 5.74) is 1.39. The molecule has 0 saturated carbocycles. The van der Waals surface area contributed by atoms with Crippen molar-refractivity contribution >= 4 is 11.6 Å². The van der Waals surface area contributed by atoms with Gasteiger partial charge in [0.2, 0.25) is 5.89 Å². The maximum atomic E-state index is 6.27. The van der Waals surface area contributed by atoms with Gasteiger partial charge in [-0.3, -0.25) is 0 Å². The van der Waals surface area contributed by atoms with Crippen molar-refractivity contribution in [2.75, 3.05) is 0 Å². The Morgan fingerprint density at radius 3 is 2.72 bits per heavy atom. The highest BCUT2D eigenvalue weighted by atomic mass is 35.5. The van der Waals surface area contributed by atoms with Crippen molar-refractivity contribution < 1.29 is 4.42 Å². The number of H-pyrrole nitrogens is 1. The van der Waals surface area contributed by atoms with E-state index in [-0.39, 0.29) is 0 Å². The van der Waals surface area contributed by atoms with Gasteiger partial charge in [0, 0.05) is 0 Å². The van der Waals surface area contributed by atoms with E-state index < -0.39 is 5.38 Å². The SMILES string of the molecule is ClC(c1ccccc1)c1nnc(-c2cn[nH]n2)o1. The van der Waals surface area contributed by atoms with Crippen molar-refractivity contribution in [3.05, 3.63) is 48.0 Å². The first-order valence-corrected chi connectivity index (χ1v) is 5.67. The predicted molar refractivity (Wildman–Crippen MR) is 63.8 cm³/mol. The molecule has 3 aromatic rings. The molecule has 0 spiro atoms. The van der Waals surface area contributed by atoms with Crippen LogP contribution < -0.4 is 0 Å². The third kappa shape index (κ3) is 1.98. The summed E-state index contributed by atoms with van der Waals surface area (Å²) in [5.74, 6) is 0.626. The second-order valence-electron chi connectivity index (χ2n) is 3.57. The summed E-state index contributed by atoms with van der Waals surface area (Å²) in [6.07, 6.45) is 1.50. The summed E-state index contributed by atoms with van der Waals surface area (Å²) >= 11 is 6.27. The van der Waals surface area contributed by atoms with E-state index in [1.54, 1.807) is 0 Å². The molecular formula is C11H8ClN5O. The first-order chi connectivity index (χ1) is 8.84. The fourth-order valence-corrected chi connectivity index (χ4v) is 1.74. The fraction of sp³-hybridized carbons (Fsp3) is 0.0909. The molecule has 0 amide bonds. The van der Waals surface area contributed by atoms with E-state index in [1.807, 2.05) is 30.3 Å². The van der Waals surface area contributed by atoms with Crippen LogP contribution in [0.3, 0.4) is 0 Å². The molecule has 2 heterocycles. The topological polar surface area (TPSA) is 80.5 Å². The lowest BCUT2D eigenvalue weighted by atomic mass is 10.1. The van der Waals surface area contributed by atoms with Gasteiger partial charge < -0.3 is 4.42 Å². The molecule has 0 aliphatic heterocycles. The van der Waals surface area contributed by atoms with Gasteiger partial charge >= 0.3 is 0 Å². The lowest BCUT2D eigenvalue weighted by molar-refractivity contribution is 0.511. The largest absolute Gasteiger partial charge is 0.417 e. The highest BCUT2D eigenvalue weighted by molar-refractivity contribution is 6.22. The van der Waals surface area contributed by atoms with Crippen LogP contribution in [-0.4, -0.2) is 25.6 Å². The quantitative estimate of drug-likeness (QED) is 0.731. The number of hydrogen-bond acceptors (Lipinski definition) is 5. The highest BCUT2D eigenvalue weighted by Crippen LogP contribution is 2.28. The number of aromatic amines is 1. The van der Waals surface area contributed by atoms with Gasteiger partial charge in [-0.05, 0) is 5.56 Å². The molecule has 2 aromatic heterocycles. The first-order valence-electron chi connectivity index (χ1n) is 5.23. The molecule has 1 unspecified atom stereocenters. The molecule has 0 radical (unpaired) electrons. The third-order valence-electron chi connectivity index (χ3n) is 2.38. The molecule has 90 valence electrons. The summed E-state index contributed by atoms with van der Waals surface area (Å²) in [6, 6.07) is 9.52. The average Bonchev–Trinajstić information content (AvgIpc) is 3.09. The van der Waals surface area contributed by atoms with Crippen LogP contribution in [0.2, 0.25) is 0 Å². The molecule has 0 aliphatic carbocycles. The van der Waals surface area contributed by atoms with E-state index in [0.29, 0.717) is 17.5 Å². The lowest BCUT2D eigenvalue weighted by Gasteiger charge is -2.03. The molecule has 0 bridgehead atoms. The van der Waals surface area contributed by atoms with Crippen LogP contribution in [0.5, 0.6) is 0 Å². The van der Waals surface area contributed by atoms with E-state index in [4.69, 9.17) is 16.0 Å². The van der Waals surface area contributed by atoms with Gasteiger partial charge in [-0.1, -0.05) is 30.3 Å². The molecule has 6 nitrogen and oxygen atoms in total. The Kier molecular flexibility index (Phi) is 2.77. The van der Waals surface area contributed by atoms with Crippen LogP contribution in [0.1, 0.15) is 16.8 Å². The van der Waals surface area contributed by atoms with Gasteiger partial charge in [-0.15, -0.1) is 21.8 Å². The van der Waals surface area contributed by atoms with Crippen molar-refractivity contribution in [1.82, 2.24) is 25.6 Å². The molecule has 0 aliphatic rings. The standard InChI is InChI=1S/C11H8ClN5O/c12-9(7-4-2-1-3-5-7)11-16-15-10(18-11)8-6-13-17-14-8/h1-6,9H,(H,13,14,17). The van der Waals surface area contributed by atoms with E-state index in [1.165, 1.54) is 6.20 Å². The minimum atomic E-state index is -0.473. The molecule has 18 heavy (non-hydrogen) atoms. The number of halogens is 1. The van der Waals surface area contributed by atoms with Gasteiger partial charge in [0.15, 0.2) is 5.69 Å². The lowest BCUT2D eigenvalue weighted by Crippen LogP contribution is -1.92. The van der Waals surface area contributed by atoms with Crippen LogP contribution in [0, 0.1) is 0 Å². The monoisotopic (exact) mass is 261 g/mol. The normalized spacial score (nSPS) is 12.5. The van der Waals surface area contributed by atoms with Gasteiger partial charge in [0.25, 0.3) is 5.89 Å². The highest BCUT2D eigenvalue weighted by Gasteiger charge is 2.19. The Bertz CT molecular complexity index is 622. The summed E-state index contributed by atoms with van der Waals surface area (Å²) in [4.78, 5) is 0. The van der Waals surface area contributed by atoms with Crippen molar-refractivity contribution in [2.24, 2.45) is 0 Å². The number of aromatic nitrogens is 5. The molecule has 0 fully saturated rings. The Morgan fingerprint density at radius 1 is 1.17 bits per heavy atom. The predicted octanol–water partition coefficient (Wildman–Crippen LogP) is 2.18. The van der Waals surface area contributed by atoms with Crippen LogP contribution in [0.4, 0.5) is 0 Å².